The molecule has 4 rings (SSSR count). The van der Waals surface area contributed by atoms with Crippen molar-refractivity contribution in [2.45, 2.75) is 6.54 Å². The fourth-order valence-corrected chi connectivity index (χ4v) is 2.88. The van der Waals surface area contributed by atoms with E-state index in [4.69, 9.17) is 4.52 Å². The highest BCUT2D eigenvalue weighted by molar-refractivity contribution is 5.91. The molecule has 1 N–H and O–H groups in total. The second kappa shape index (κ2) is 8.27. The average molecular weight is 426 g/mol. The predicted molar refractivity (Wildman–Crippen MR) is 104 cm³/mol. The van der Waals surface area contributed by atoms with Crippen LogP contribution in [-0.2, 0) is 11.3 Å². The summed E-state index contributed by atoms with van der Waals surface area (Å²) >= 11 is 0. The Kier molecular flexibility index (Phi) is 5.35. The van der Waals surface area contributed by atoms with Crippen LogP contribution in [0.5, 0.6) is 0 Å². The normalized spacial score (nSPS) is 10.8. The summed E-state index contributed by atoms with van der Waals surface area (Å²) in [6.45, 7) is -0.539. The second-order valence-corrected chi connectivity index (χ2v) is 6.41. The molecular formula is C21H13F3N4O3. The smallest absolute Gasteiger partial charge is 0.274 e. The molecule has 31 heavy (non-hydrogen) atoms. The average Bonchev–Trinajstić information content (AvgIpc) is 3.22. The zero-order valence-electron chi connectivity index (χ0n) is 15.7. The number of halogens is 3. The van der Waals surface area contributed by atoms with Crippen LogP contribution in [-0.4, -0.2) is 20.6 Å². The van der Waals surface area contributed by atoms with Crippen LogP contribution in [0.2, 0.25) is 0 Å². The lowest BCUT2D eigenvalue weighted by Crippen LogP contribution is -2.28. The lowest BCUT2D eigenvalue weighted by Gasteiger charge is -2.11. The molecule has 0 spiro atoms. The molecule has 2 heterocycles. The van der Waals surface area contributed by atoms with Crippen molar-refractivity contribution in [2.24, 2.45) is 0 Å². The largest absolute Gasteiger partial charge is 0.332 e. The molecule has 0 aliphatic rings. The number of amides is 1. The zero-order chi connectivity index (χ0) is 22.0. The van der Waals surface area contributed by atoms with Gasteiger partial charge in [0, 0.05) is 12.1 Å². The van der Waals surface area contributed by atoms with E-state index in [1.165, 1.54) is 36.4 Å². The molecule has 0 aliphatic heterocycles. The molecule has 0 saturated heterocycles. The summed E-state index contributed by atoms with van der Waals surface area (Å²) in [5.74, 6) is -3.07. The highest BCUT2D eigenvalue weighted by Gasteiger charge is 2.18. The van der Waals surface area contributed by atoms with Gasteiger partial charge in [-0.25, -0.2) is 13.2 Å². The fraction of sp³-hybridized carbons (Fsp3) is 0.0476. The number of nitrogens with zero attached hydrogens (tertiary/aromatic N) is 3. The number of anilines is 1. The van der Waals surface area contributed by atoms with Gasteiger partial charge in [0.2, 0.25) is 11.7 Å². The first-order valence-corrected chi connectivity index (χ1v) is 8.96. The van der Waals surface area contributed by atoms with E-state index in [9.17, 15) is 22.8 Å². The van der Waals surface area contributed by atoms with Gasteiger partial charge in [0.25, 0.3) is 11.4 Å². The van der Waals surface area contributed by atoms with Crippen LogP contribution in [0.25, 0.3) is 23.0 Å². The maximum Gasteiger partial charge on any atom is 0.274 e. The SMILES string of the molecule is O=C(Cn1c(-c2nc(-c3ccccc3F)no2)cccc1=O)Nc1cc(F)ccc1F. The first-order valence-electron chi connectivity index (χ1n) is 8.96. The van der Waals surface area contributed by atoms with E-state index < -0.39 is 35.5 Å². The number of nitrogens with one attached hydrogen (secondary N) is 1. The lowest BCUT2D eigenvalue weighted by molar-refractivity contribution is -0.116. The highest BCUT2D eigenvalue weighted by Crippen LogP contribution is 2.23. The third kappa shape index (κ3) is 4.22. The van der Waals surface area contributed by atoms with Gasteiger partial charge in [-0.15, -0.1) is 0 Å². The van der Waals surface area contributed by atoms with Crippen molar-refractivity contribution in [2.75, 3.05) is 5.32 Å². The van der Waals surface area contributed by atoms with Crippen molar-refractivity contribution >= 4 is 11.6 Å². The minimum Gasteiger partial charge on any atom is -0.332 e. The molecule has 4 aromatic rings. The van der Waals surface area contributed by atoms with Crippen molar-refractivity contribution in [3.8, 4) is 23.0 Å². The first kappa shape index (κ1) is 20.1. The molecule has 0 atom stereocenters. The van der Waals surface area contributed by atoms with Crippen LogP contribution in [0.4, 0.5) is 18.9 Å². The maximum absolute atomic E-state index is 14.0. The number of rotatable bonds is 5. The fourth-order valence-electron chi connectivity index (χ4n) is 2.88. The molecule has 2 aromatic heterocycles. The van der Waals surface area contributed by atoms with Gasteiger partial charge in [-0.2, -0.15) is 4.98 Å². The van der Waals surface area contributed by atoms with E-state index >= 15 is 0 Å². The Morgan fingerprint density at radius 1 is 1.00 bits per heavy atom. The molecule has 10 heteroatoms. The predicted octanol–water partition coefficient (Wildman–Crippen LogP) is 3.62. The van der Waals surface area contributed by atoms with Crippen LogP contribution in [0.1, 0.15) is 0 Å². The summed E-state index contributed by atoms with van der Waals surface area (Å²) in [6.07, 6.45) is 0. The van der Waals surface area contributed by atoms with Gasteiger partial charge < -0.3 is 9.84 Å². The summed E-state index contributed by atoms with van der Waals surface area (Å²) in [4.78, 5) is 28.8. The zero-order valence-corrected chi connectivity index (χ0v) is 15.7. The van der Waals surface area contributed by atoms with Gasteiger partial charge in [-0.05, 0) is 30.3 Å². The highest BCUT2D eigenvalue weighted by atomic mass is 19.1. The number of aromatic nitrogens is 3. The molecule has 0 unspecified atom stereocenters. The summed E-state index contributed by atoms with van der Waals surface area (Å²) in [5, 5.41) is 5.94. The molecule has 0 radical (unpaired) electrons. The van der Waals surface area contributed by atoms with Gasteiger partial charge in [0.1, 0.15) is 29.7 Å². The van der Waals surface area contributed by atoms with Crippen molar-refractivity contribution in [1.29, 1.82) is 0 Å². The Morgan fingerprint density at radius 3 is 2.61 bits per heavy atom. The van der Waals surface area contributed by atoms with Crippen molar-refractivity contribution in [1.82, 2.24) is 14.7 Å². The Bertz CT molecular complexity index is 1330. The monoisotopic (exact) mass is 426 g/mol. The summed E-state index contributed by atoms with van der Waals surface area (Å²) in [6, 6.07) is 12.5. The van der Waals surface area contributed by atoms with Crippen LogP contribution in [0.3, 0.4) is 0 Å². The van der Waals surface area contributed by atoms with Gasteiger partial charge >= 0.3 is 0 Å². The van der Waals surface area contributed by atoms with Gasteiger partial charge in [0.05, 0.1) is 11.3 Å². The standard InChI is InChI=1S/C21H13F3N4O3/c22-12-8-9-15(24)16(10-12)25-18(29)11-28-17(6-3-7-19(28)30)21-26-20(27-31-21)13-4-1-2-5-14(13)23/h1-10H,11H2,(H,25,29). The van der Waals surface area contributed by atoms with Crippen molar-refractivity contribution < 1.29 is 22.5 Å². The van der Waals surface area contributed by atoms with E-state index in [-0.39, 0.29) is 28.7 Å². The van der Waals surface area contributed by atoms with E-state index in [1.807, 2.05) is 0 Å². The number of benzene rings is 2. The van der Waals surface area contributed by atoms with E-state index in [1.54, 1.807) is 6.07 Å². The minimum atomic E-state index is -0.832. The third-order valence-corrected chi connectivity index (χ3v) is 4.31. The topological polar surface area (TPSA) is 90.0 Å². The number of pyridine rings is 1. The van der Waals surface area contributed by atoms with Crippen molar-refractivity contribution in [3.63, 3.8) is 0 Å². The molecule has 0 bridgehead atoms. The molecule has 2 aromatic carbocycles. The molecule has 0 aliphatic carbocycles. The summed E-state index contributed by atoms with van der Waals surface area (Å²) < 4.78 is 47.3. The molecule has 156 valence electrons. The molecule has 7 nitrogen and oxygen atoms in total. The summed E-state index contributed by atoms with van der Waals surface area (Å²) in [5.41, 5.74) is -0.743. The Labute approximate surface area is 172 Å². The molecular weight excluding hydrogens is 413 g/mol. The Hall–Kier alpha value is -4.21. The molecule has 0 saturated carbocycles. The van der Waals surface area contributed by atoms with Crippen LogP contribution >= 0.6 is 0 Å². The van der Waals surface area contributed by atoms with Crippen LogP contribution in [0.15, 0.2) is 70.0 Å². The summed E-state index contributed by atoms with van der Waals surface area (Å²) in [7, 11) is 0. The van der Waals surface area contributed by atoms with Gasteiger partial charge in [-0.3, -0.25) is 14.2 Å². The Morgan fingerprint density at radius 2 is 1.81 bits per heavy atom. The lowest BCUT2D eigenvalue weighted by atomic mass is 10.2. The van der Waals surface area contributed by atoms with Crippen LogP contribution < -0.4 is 10.9 Å². The minimum absolute atomic E-state index is 0.0396. The van der Waals surface area contributed by atoms with Crippen molar-refractivity contribution in [3.05, 3.63) is 88.5 Å². The first-order chi connectivity index (χ1) is 14.9. The quantitative estimate of drug-likeness (QED) is 0.527. The van der Waals surface area contributed by atoms with E-state index in [0.29, 0.717) is 0 Å². The Balaban J connectivity index is 1.64. The third-order valence-electron chi connectivity index (χ3n) is 4.31. The van der Waals surface area contributed by atoms with E-state index in [2.05, 4.69) is 15.5 Å². The van der Waals surface area contributed by atoms with Gasteiger partial charge in [-0.1, -0.05) is 23.4 Å². The number of hydrogen-bond acceptors (Lipinski definition) is 5. The second-order valence-electron chi connectivity index (χ2n) is 6.41. The molecule has 0 fully saturated rings. The molecule has 1 amide bonds. The maximum atomic E-state index is 14.0. The van der Waals surface area contributed by atoms with E-state index in [0.717, 1.165) is 22.8 Å². The van der Waals surface area contributed by atoms with Crippen LogP contribution in [0, 0.1) is 17.5 Å². The van der Waals surface area contributed by atoms with Gasteiger partial charge in [0.15, 0.2) is 0 Å². The number of carbonyl (C=O) groups is 1. The number of carbonyl (C=O) groups excluding carboxylic acids is 1. The number of hydrogen-bond donors (Lipinski definition) is 1.